The molecule has 1 fully saturated rings. The van der Waals surface area contributed by atoms with E-state index in [1.807, 2.05) is 6.92 Å². The van der Waals surface area contributed by atoms with E-state index in [2.05, 4.69) is 4.72 Å². The van der Waals surface area contributed by atoms with Crippen molar-refractivity contribution >= 4 is 21.6 Å². The fourth-order valence-electron chi connectivity index (χ4n) is 2.29. The standard InChI is InChI=1S/C13H19N3O4S/c1-8-10(4-5-20-8)7-16-21(18,19)12-3-2-9(13(15)17)6-11(12)14/h2-3,6,8,10,16H,4-5,7,14H2,1H3,(H2,15,17). The van der Waals surface area contributed by atoms with E-state index in [9.17, 15) is 13.2 Å². The van der Waals surface area contributed by atoms with Gasteiger partial charge in [-0.3, -0.25) is 4.79 Å². The highest BCUT2D eigenvalue weighted by molar-refractivity contribution is 7.89. The number of primary amides is 1. The zero-order valence-electron chi connectivity index (χ0n) is 11.7. The number of sulfonamides is 1. The number of nitrogens with one attached hydrogen (secondary N) is 1. The highest BCUT2D eigenvalue weighted by atomic mass is 32.2. The van der Waals surface area contributed by atoms with Gasteiger partial charge in [0, 0.05) is 24.6 Å². The molecule has 1 amide bonds. The molecule has 0 aromatic heterocycles. The summed E-state index contributed by atoms with van der Waals surface area (Å²) < 4.78 is 32.4. The summed E-state index contributed by atoms with van der Waals surface area (Å²) in [6.45, 7) is 2.85. The van der Waals surface area contributed by atoms with Gasteiger partial charge in [0.15, 0.2) is 0 Å². The molecule has 2 rings (SSSR count). The maximum atomic E-state index is 12.2. The van der Waals surface area contributed by atoms with Crippen LogP contribution in [0.5, 0.6) is 0 Å². The van der Waals surface area contributed by atoms with Crippen molar-refractivity contribution < 1.29 is 17.9 Å². The van der Waals surface area contributed by atoms with Crippen molar-refractivity contribution in [1.29, 1.82) is 0 Å². The molecule has 1 aliphatic rings. The lowest BCUT2D eigenvalue weighted by atomic mass is 10.0. The predicted octanol–water partition coefficient (Wildman–Crippen LogP) is 0.0710. The molecule has 0 bridgehead atoms. The highest BCUT2D eigenvalue weighted by Crippen LogP contribution is 2.22. The van der Waals surface area contributed by atoms with Gasteiger partial charge in [-0.2, -0.15) is 0 Å². The van der Waals surface area contributed by atoms with Gasteiger partial charge in [0.1, 0.15) is 4.90 Å². The summed E-state index contributed by atoms with van der Waals surface area (Å²) in [5.74, 6) is -0.513. The van der Waals surface area contributed by atoms with Crippen LogP contribution < -0.4 is 16.2 Å². The fourth-order valence-corrected chi connectivity index (χ4v) is 3.49. The first-order chi connectivity index (χ1) is 9.81. The molecule has 2 unspecified atom stereocenters. The Morgan fingerprint density at radius 1 is 1.48 bits per heavy atom. The molecule has 0 radical (unpaired) electrons. The SMILES string of the molecule is CC1OCCC1CNS(=O)(=O)c1ccc(C(N)=O)cc1N. The quantitative estimate of drug-likeness (QED) is 0.663. The molecule has 1 aromatic rings. The van der Waals surface area contributed by atoms with Gasteiger partial charge < -0.3 is 16.2 Å². The molecule has 116 valence electrons. The summed E-state index contributed by atoms with van der Waals surface area (Å²) in [6.07, 6.45) is 0.849. The summed E-state index contributed by atoms with van der Waals surface area (Å²) >= 11 is 0. The second kappa shape index (κ2) is 6.00. The second-order valence-corrected chi connectivity index (χ2v) is 6.83. The van der Waals surface area contributed by atoms with Gasteiger partial charge in [0.05, 0.1) is 11.8 Å². The first-order valence-electron chi connectivity index (χ1n) is 6.62. The second-order valence-electron chi connectivity index (χ2n) is 5.09. The van der Waals surface area contributed by atoms with Crippen LogP contribution in [0.2, 0.25) is 0 Å². The first-order valence-corrected chi connectivity index (χ1v) is 8.10. The van der Waals surface area contributed by atoms with Gasteiger partial charge in [0.25, 0.3) is 0 Å². The summed E-state index contributed by atoms with van der Waals surface area (Å²) in [5.41, 5.74) is 11.0. The van der Waals surface area contributed by atoms with Crippen LogP contribution in [0.1, 0.15) is 23.7 Å². The summed E-state index contributed by atoms with van der Waals surface area (Å²) in [6, 6.07) is 3.89. The van der Waals surface area contributed by atoms with Gasteiger partial charge >= 0.3 is 0 Å². The van der Waals surface area contributed by atoms with Crippen LogP contribution in [0.25, 0.3) is 0 Å². The summed E-state index contributed by atoms with van der Waals surface area (Å²) in [7, 11) is -3.73. The van der Waals surface area contributed by atoms with Gasteiger partial charge in [-0.25, -0.2) is 13.1 Å². The van der Waals surface area contributed by atoms with Crippen LogP contribution in [-0.4, -0.2) is 33.6 Å². The molecule has 0 spiro atoms. The maximum Gasteiger partial charge on any atom is 0.248 e. The topological polar surface area (TPSA) is 125 Å². The lowest BCUT2D eigenvalue weighted by Gasteiger charge is -2.15. The largest absolute Gasteiger partial charge is 0.398 e. The number of carbonyl (C=O) groups is 1. The molecule has 7 nitrogen and oxygen atoms in total. The van der Waals surface area contributed by atoms with Gasteiger partial charge in [-0.1, -0.05) is 0 Å². The molecular weight excluding hydrogens is 294 g/mol. The minimum atomic E-state index is -3.73. The van der Waals surface area contributed by atoms with Crippen molar-refractivity contribution in [3.05, 3.63) is 23.8 Å². The van der Waals surface area contributed by atoms with Crippen molar-refractivity contribution in [3.8, 4) is 0 Å². The number of benzene rings is 1. The minimum absolute atomic E-state index is 0.00507. The van der Waals surface area contributed by atoms with Crippen LogP contribution >= 0.6 is 0 Å². The third-order valence-corrected chi connectivity index (χ3v) is 5.15. The Labute approximate surface area is 123 Å². The molecule has 0 aliphatic carbocycles. The highest BCUT2D eigenvalue weighted by Gasteiger charge is 2.27. The van der Waals surface area contributed by atoms with Crippen LogP contribution in [0.15, 0.2) is 23.1 Å². The number of amides is 1. The number of hydrogen-bond donors (Lipinski definition) is 3. The number of ether oxygens (including phenoxy) is 1. The molecule has 1 aliphatic heterocycles. The molecule has 8 heteroatoms. The fraction of sp³-hybridized carbons (Fsp3) is 0.462. The normalized spacial score (nSPS) is 22.3. The molecule has 2 atom stereocenters. The third-order valence-electron chi connectivity index (χ3n) is 3.65. The minimum Gasteiger partial charge on any atom is -0.398 e. The van der Waals surface area contributed by atoms with Crippen LogP contribution in [-0.2, 0) is 14.8 Å². The van der Waals surface area contributed by atoms with E-state index in [1.54, 1.807) is 0 Å². The van der Waals surface area contributed by atoms with E-state index in [-0.39, 0.29) is 28.2 Å². The predicted molar refractivity (Wildman–Crippen MR) is 78.1 cm³/mol. The Morgan fingerprint density at radius 2 is 2.19 bits per heavy atom. The number of nitrogen functional groups attached to an aromatic ring is 1. The van der Waals surface area contributed by atoms with Crippen molar-refractivity contribution in [2.24, 2.45) is 11.7 Å². The Bertz CT molecular complexity index is 645. The molecule has 21 heavy (non-hydrogen) atoms. The van der Waals surface area contributed by atoms with Gasteiger partial charge in [-0.15, -0.1) is 0 Å². The summed E-state index contributed by atoms with van der Waals surface area (Å²) in [5, 5.41) is 0. The molecule has 1 aromatic carbocycles. The van der Waals surface area contributed by atoms with Gasteiger partial charge in [-0.05, 0) is 31.5 Å². The van der Waals surface area contributed by atoms with Crippen molar-refractivity contribution in [1.82, 2.24) is 4.72 Å². The number of carbonyl (C=O) groups excluding carboxylic acids is 1. The molecular formula is C13H19N3O4S. The number of rotatable bonds is 5. The van der Waals surface area contributed by atoms with Crippen molar-refractivity contribution in [2.75, 3.05) is 18.9 Å². The van der Waals surface area contributed by atoms with E-state index >= 15 is 0 Å². The number of hydrogen-bond acceptors (Lipinski definition) is 5. The molecule has 1 heterocycles. The summed E-state index contributed by atoms with van der Waals surface area (Å²) in [4.78, 5) is 11.0. The van der Waals surface area contributed by atoms with Crippen LogP contribution in [0, 0.1) is 5.92 Å². The monoisotopic (exact) mass is 313 g/mol. The van der Waals surface area contributed by atoms with Crippen LogP contribution in [0.3, 0.4) is 0 Å². The number of nitrogens with two attached hydrogens (primary N) is 2. The zero-order chi connectivity index (χ0) is 15.6. The average molecular weight is 313 g/mol. The Kier molecular flexibility index (Phi) is 4.50. The molecule has 0 saturated carbocycles. The molecule has 1 saturated heterocycles. The van der Waals surface area contributed by atoms with Crippen molar-refractivity contribution in [3.63, 3.8) is 0 Å². The van der Waals surface area contributed by atoms with E-state index < -0.39 is 15.9 Å². The molecule has 5 N–H and O–H groups in total. The average Bonchev–Trinajstić information content (AvgIpc) is 2.81. The van der Waals surface area contributed by atoms with Gasteiger partial charge in [0.2, 0.25) is 15.9 Å². The maximum absolute atomic E-state index is 12.2. The van der Waals surface area contributed by atoms with E-state index in [0.717, 1.165) is 6.42 Å². The van der Waals surface area contributed by atoms with E-state index in [0.29, 0.717) is 13.2 Å². The number of anilines is 1. The Balaban J connectivity index is 2.14. The lowest BCUT2D eigenvalue weighted by Crippen LogP contribution is -2.32. The first kappa shape index (κ1) is 15.7. The smallest absolute Gasteiger partial charge is 0.248 e. The zero-order valence-corrected chi connectivity index (χ0v) is 12.5. The third kappa shape index (κ3) is 3.52. The Hall–Kier alpha value is -1.64. The van der Waals surface area contributed by atoms with E-state index in [1.165, 1.54) is 18.2 Å². The van der Waals surface area contributed by atoms with Crippen molar-refractivity contribution in [2.45, 2.75) is 24.3 Å². The Morgan fingerprint density at radius 3 is 2.71 bits per heavy atom. The van der Waals surface area contributed by atoms with E-state index in [4.69, 9.17) is 16.2 Å². The van der Waals surface area contributed by atoms with Crippen LogP contribution in [0.4, 0.5) is 5.69 Å². The lowest BCUT2D eigenvalue weighted by molar-refractivity contribution is 0.1000.